The fourth-order valence-electron chi connectivity index (χ4n) is 1.35. The van der Waals surface area contributed by atoms with Gasteiger partial charge in [-0.3, -0.25) is 0 Å². The number of anilines is 1. The van der Waals surface area contributed by atoms with Gasteiger partial charge < -0.3 is 9.84 Å². The predicted octanol–water partition coefficient (Wildman–Crippen LogP) is 3.31. The van der Waals surface area contributed by atoms with Crippen LogP contribution in [0.15, 0.2) is 33.3 Å². The first-order chi connectivity index (χ1) is 7.65. The topological polar surface area (TPSA) is 51.0 Å². The van der Waals surface area contributed by atoms with Crippen LogP contribution in [0.5, 0.6) is 0 Å². The maximum Gasteiger partial charge on any atom is 0.248 e. The molecule has 0 aliphatic heterocycles. The van der Waals surface area contributed by atoms with Crippen molar-refractivity contribution in [1.29, 1.82) is 0 Å². The highest BCUT2D eigenvalue weighted by molar-refractivity contribution is 9.10. The standard InChI is InChI=1S/C11H12BrN3O/c1-7(11-14-8(2)15-16-11)13-10-5-3-9(12)4-6-10/h3-7,13H,1-2H3. The lowest BCUT2D eigenvalue weighted by atomic mass is 10.2. The van der Waals surface area contributed by atoms with Crippen molar-refractivity contribution in [2.45, 2.75) is 19.9 Å². The third-order valence-electron chi connectivity index (χ3n) is 2.14. The Morgan fingerprint density at radius 2 is 2.00 bits per heavy atom. The minimum Gasteiger partial charge on any atom is -0.374 e. The molecule has 16 heavy (non-hydrogen) atoms. The molecule has 0 aliphatic carbocycles. The van der Waals surface area contributed by atoms with Gasteiger partial charge in [-0.05, 0) is 38.1 Å². The number of aromatic nitrogens is 2. The van der Waals surface area contributed by atoms with E-state index in [1.165, 1.54) is 0 Å². The van der Waals surface area contributed by atoms with Gasteiger partial charge >= 0.3 is 0 Å². The molecule has 0 saturated carbocycles. The zero-order chi connectivity index (χ0) is 11.5. The molecule has 0 fully saturated rings. The van der Waals surface area contributed by atoms with Crippen LogP contribution in [0.4, 0.5) is 5.69 Å². The van der Waals surface area contributed by atoms with Crippen LogP contribution in [0.2, 0.25) is 0 Å². The zero-order valence-electron chi connectivity index (χ0n) is 9.07. The lowest BCUT2D eigenvalue weighted by Gasteiger charge is -2.10. The number of benzene rings is 1. The molecule has 0 radical (unpaired) electrons. The van der Waals surface area contributed by atoms with Gasteiger partial charge in [0.2, 0.25) is 5.89 Å². The van der Waals surface area contributed by atoms with E-state index in [9.17, 15) is 0 Å². The molecule has 1 atom stereocenters. The number of nitrogens with one attached hydrogen (secondary N) is 1. The van der Waals surface area contributed by atoms with E-state index in [2.05, 4.69) is 31.4 Å². The monoisotopic (exact) mass is 281 g/mol. The van der Waals surface area contributed by atoms with Gasteiger partial charge in [0.15, 0.2) is 5.82 Å². The van der Waals surface area contributed by atoms with Crippen LogP contribution in [-0.4, -0.2) is 10.1 Å². The van der Waals surface area contributed by atoms with Crippen molar-refractivity contribution in [1.82, 2.24) is 10.1 Å². The van der Waals surface area contributed by atoms with E-state index >= 15 is 0 Å². The van der Waals surface area contributed by atoms with Crippen LogP contribution in [0.25, 0.3) is 0 Å². The highest BCUT2D eigenvalue weighted by Gasteiger charge is 2.12. The molecule has 5 heteroatoms. The number of nitrogens with zero attached hydrogens (tertiary/aromatic N) is 2. The Morgan fingerprint density at radius 1 is 1.31 bits per heavy atom. The average molecular weight is 282 g/mol. The van der Waals surface area contributed by atoms with Crippen molar-refractivity contribution in [3.8, 4) is 0 Å². The fraction of sp³-hybridized carbons (Fsp3) is 0.273. The van der Waals surface area contributed by atoms with Crippen LogP contribution in [0.1, 0.15) is 24.7 Å². The van der Waals surface area contributed by atoms with Crippen molar-refractivity contribution in [3.63, 3.8) is 0 Å². The number of hydrogen-bond donors (Lipinski definition) is 1. The van der Waals surface area contributed by atoms with Gasteiger partial charge in [0, 0.05) is 10.2 Å². The van der Waals surface area contributed by atoms with Crippen LogP contribution < -0.4 is 5.32 Å². The first kappa shape index (κ1) is 11.1. The van der Waals surface area contributed by atoms with Gasteiger partial charge in [0.25, 0.3) is 0 Å². The molecule has 0 saturated heterocycles. The maximum absolute atomic E-state index is 5.09. The second-order valence-corrected chi connectivity index (χ2v) is 4.47. The Labute approximate surface area is 102 Å². The minimum absolute atomic E-state index is 0.00220. The minimum atomic E-state index is 0.00220. The molecule has 1 aromatic heterocycles. The van der Waals surface area contributed by atoms with E-state index in [0.717, 1.165) is 10.2 Å². The lowest BCUT2D eigenvalue weighted by Crippen LogP contribution is -2.06. The van der Waals surface area contributed by atoms with Crippen LogP contribution in [0, 0.1) is 6.92 Å². The summed E-state index contributed by atoms with van der Waals surface area (Å²) in [5.74, 6) is 1.25. The average Bonchev–Trinajstić information content (AvgIpc) is 2.68. The maximum atomic E-state index is 5.09. The predicted molar refractivity (Wildman–Crippen MR) is 65.2 cm³/mol. The van der Waals surface area contributed by atoms with E-state index in [1.807, 2.05) is 31.2 Å². The summed E-state index contributed by atoms with van der Waals surface area (Å²) in [5, 5.41) is 7.04. The molecule has 84 valence electrons. The Balaban J connectivity index is 2.07. The van der Waals surface area contributed by atoms with Crippen molar-refractivity contribution in [2.24, 2.45) is 0 Å². The first-order valence-corrected chi connectivity index (χ1v) is 5.77. The van der Waals surface area contributed by atoms with Crippen molar-refractivity contribution in [3.05, 3.63) is 40.5 Å². The summed E-state index contributed by atoms with van der Waals surface area (Å²) in [6.07, 6.45) is 0. The zero-order valence-corrected chi connectivity index (χ0v) is 10.7. The highest BCUT2D eigenvalue weighted by Crippen LogP contribution is 2.19. The van der Waals surface area contributed by atoms with E-state index in [0.29, 0.717) is 11.7 Å². The van der Waals surface area contributed by atoms with Gasteiger partial charge in [-0.2, -0.15) is 4.98 Å². The number of rotatable bonds is 3. The number of halogens is 1. The molecule has 0 aliphatic rings. The molecule has 1 unspecified atom stereocenters. The molecule has 1 N–H and O–H groups in total. The summed E-state index contributed by atoms with van der Waals surface area (Å²) < 4.78 is 6.14. The quantitative estimate of drug-likeness (QED) is 0.938. The largest absolute Gasteiger partial charge is 0.374 e. The van der Waals surface area contributed by atoms with Gasteiger partial charge in [0.1, 0.15) is 6.04 Å². The van der Waals surface area contributed by atoms with Gasteiger partial charge in [-0.25, -0.2) is 0 Å². The first-order valence-electron chi connectivity index (χ1n) is 4.97. The highest BCUT2D eigenvalue weighted by atomic mass is 79.9. The van der Waals surface area contributed by atoms with Crippen LogP contribution in [0.3, 0.4) is 0 Å². The lowest BCUT2D eigenvalue weighted by molar-refractivity contribution is 0.364. The molecule has 0 amide bonds. The summed E-state index contributed by atoms with van der Waals surface area (Å²) >= 11 is 3.39. The SMILES string of the molecule is Cc1noc(C(C)Nc2ccc(Br)cc2)n1. The second kappa shape index (κ2) is 4.65. The fourth-order valence-corrected chi connectivity index (χ4v) is 1.61. The van der Waals surface area contributed by atoms with Gasteiger partial charge in [0.05, 0.1) is 0 Å². The molecule has 1 aromatic carbocycles. The Morgan fingerprint density at radius 3 is 2.56 bits per heavy atom. The second-order valence-electron chi connectivity index (χ2n) is 3.55. The van der Waals surface area contributed by atoms with E-state index in [1.54, 1.807) is 6.92 Å². The van der Waals surface area contributed by atoms with E-state index in [4.69, 9.17) is 4.52 Å². The Bertz CT molecular complexity index is 466. The molecule has 0 bridgehead atoms. The number of aryl methyl sites for hydroxylation is 1. The van der Waals surface area contributed by atoms with Crippen LogP contribution in [-0.2, 0) is 0 Å². The molecule has 4 nitrogen and oxygen atoms in total. The third-order valence-corrected chi connectivity index (χ3v) is 2.67. The molecule has 2 aromatic rings. The van der Waals surface area contributed by atoms with Gasteiger partial charge in [-0.15, -0.1) is 0 Å². The summed E-state index contributed by atoms with van der Waals surface area (Å²) in [6, 6.07) is 7.94. The molecule has 0 spiro atoms. The normalized spacial score (nSPS) is 12.4. The summed E-state index contributed by atoms with van der Waals surface area (Å²) in [7, 11) is 0. The van der Waals surface area contributed by atoms with Gasteiger partial charge in [-0.1, -0.05) is 21.1 Å². The smallest absolute Gasteiger partial charge is 0.248 e. The van der Waals surface area contributed by atoms with Crippen molar-refractivity contribution < 1.29 is 4.52 Å². The summed E-state index contributed by atoms with van der Waals surface area (Å²) in [5.41, 5.74) is 1.02. The molecular weight excluding hydrogens is 270 g/mol. The Kier molecular flexibility index (Phi) is 3.24. The molecule has 1 heterocycles. The third kappa shape index (κ3) is 2.61. The summed E-state index contributed by atoms with van der Waals surface area (Å²) in [6.45, 7) is 3.79. The van der Waals surface area contributed by atoms with E-state index in [-0.39, 0.29) is 6.04 Å². The van der Waals surface area contributed by atoms with Crippen LogP contribution >= 0.6 is 15.9 Å². The van der Waals surface area contributed by atoms with Crippen molar-refractivity contribution >= 4 is 21.6 Å². The Hall–Kier alpha value is -1.36. The van der Waals surface area contributed by atoms with Crippen molar-refractivity contribution in [2.75, 3.05) is 5.32 Å². The number of hydrogen-bond acceptors (Lipinski definition) is 4. The molecular formula is C11H12BrN3O. The van der Waals surface area contributed by atoms with E-state index < -0.39 is 0 Å². The summed E-state index contributed by atoms with van der Waals surface area (Å²) in [4.78, 5) is 4.17. The molecule has 2 rings (SSSR count).